The van der Waals surface area contributed by atoms with Crippen LogP contribution in [0.15, 0.2) is 54.6 Å². The Hall–Kier alpha value is -2.62. The summed E-state index contributed by atoms with van der Waals surface area (Å²) < 4.78 is 0. The van der Waals surface area contributed by atoms with E-state index in [1.165, 1.54) is 5.56 Å². The predicted octanol–water partition coefficient (Wildman–Crippen LogP) is 4.12. The molecule has 0 radical (unpaired) electrons. The van der Waals surface area contributed by atoms with Crippen molar-refractivity contribution in [1.29, 1.82) is 0 Å². The lowest BCUT2D eigenvalue weighted by Crippen LogP contribution is -2.50. The molecule has 28 heavy (non-hydrogen) atoms. The Labute approximate surface area is 169 Å². The van der Waals surface area contributed by atoms with Crippen molar-refractivity contribution < 1.29 is 9.59 Å². The van der Waals surface area contributed by atoms with Gasteiger partial charge >= 0.3 is 0 Å². The molecule has 2 aromatic rings. The molecule has 150 valence electrons. The first kappa shape index (κ1) is 21.7. The van der Waals surface area contributed by atoms with Crippen molar-refractivity contribution in [2.75, 3.05) is 6.54 Å². The third-order valence-corrected chi connectivity index (χ3v) is 4.74. The van der Waals surface area contributed by atoms with Crippen LogP contribution < -0.4 is 5.32 Å². The van der Waals surface area contributed by atoms with Crippen LogP contribution >= 0.6 is 0 Å². The van der Waals surface area contributed by atoms with E-state index in [2.05, 4.69) is 19.2 Å². The van der Waals surface area contributed by atoms with Gasteiger partial charge in [0.15, 0.2) is 0 Å². The molecular formula is C24H32N2O2. The fraction of sp³-hybridized carbons (Fsp3) is 0.417. The van der Waals surface area contributed by atoms with Gasteiger partial charge < -0.3 is 10.2 Å². The quantitative estimate of drug-likeness (QED) is 0.711. The zero-order valence-corrected chi connectivity index (χ0v) is 17.4. The highest BCUT2D eigenvalue weighted by Gasteiger charge is 2.28. The normalized spacial score (nSPS) is 11.9. The smallest absolute Gasteiger partial charge is 0.242 e. The van der Waals surface area contributed by atoms with Gasteiger partial charge in [-0.25, -0.2) is 0 Å². The predicted molar refractivity (Wildman–Crippen MR) is 114 cm³/mol. The Morgan fingerprint density at radius 1 is 0.964 bits per heavy atom. The third kappa shape index (κ3) is 6.52. The highest BCUT2D eigenvalue weighted by molar-refractivity contribution is 5.88. The second-order valence-corrected chi connectivity index (χ2v) is 7.73. The van der Waals surface area contributed by atoms with Crippen LogP contribution in [0.5, 0.6) is 0 Å². The molecule has 4 nitrogen and oxygen atoms in total. The van der Waals surface area contributed by atoms with Gasteiger partial charge in [-0.15, -0.1) is 0 Å². The molecule has 0 saturated carbocycles. The molecule has 0 aliphatic carbocycles. The van der Waals surface area contributed by atoms with Crippen molar-refractivity contribution in [1.82, 2.24) is 10.2 Å². The monoisotopic (exact) mass is 380 g/mol. The topological polar surface area (TPSA) is 49.4 Å². The Kier molecular flexibility index (Phi) is 8.24. The molecule has 1 N–H and O–H groups in total. The van der Waals surface area contributed by atoms with Crippen LogP contribution in [0.2, 0.25) is 0 Å². The maximum atomic E-state index is 13.2. The number of rotatable bonds is 9. The molecule has 4 heteroatoms. The van der Waals surface area contributed by atoms with Crippen LogP contribution in [0.4, 0.5) is 0 Å². The Morgan fingerprint density at radius 2 is 1.61 bits per heavy atom. The standard InChI is InChI=1S/C24H32N2O2/c1-5-22(24(28)25-16-18(2)3)26(17-21-13-11-19(4)12-14-21)23(27)15-20-9-7-6-8-10-20/h6-14,18,22H,5,15-17H2,1-4H3,(H,25,28)/t22-/m0/s1. The van der Waals surface area contributed by atoms with E-state index in [4.69, 9.17) is 0 Å². The van der Waals surface area contributed by atoms with Crippen molar-refractivity contribution in [2.45, 2.75) is 53.1 Å². The van der Waals surface area contributed by atoms with E-state index in [0.717, 1.165) is 11.1 Å². The average molecular weight is 381 g/mol. The van der Waals surface area contributed by atoms with E-state index < -0.39 is 6.04 Å². The van der Waals surface area contributed by atoms with Gasteiger partial charge in [-0.3, -0.25) is 9.59 Å². The minimum atomic E-state index is -0.476. The largest absolute Gasteiger partial charge is 0.354 e. The SMILES string of the molecule is CC[C@@H](C(=O)NCC(C)C)N(Cc1ccc(C)cc1)C(=O)Cc1ccccc1. The summed E-state index contributed by atoms with van der Waals surface area (Å²) in [5.74, 6) is 0.259. The first-order chi connectivity index (χ1) is 13.4. The number of amides is 2. The van der Waals surface area contributed by atoms with E-state index in [-0.39, 0.29) is 11.8 Å². The van der Waals surface area contributed by atoms with Gasteiger partial charge in [0.1, 0.15) is 6.04 Å². The summed E-state index contributed by atoms with van der Waals surface area (Å²) in [6.45, 7) is 9.16. The number of aryl methyl sites for hydroxylation is 1. The van der Waals surface area contributed by atoms with Gasteiger partial charge in [0, 0.05) is 13.1 Å². The molecule has 2 amide bonds. The van der Waals surface area contributed by atoms with Crippen LogP contribution in [0.25, 0.3) is 0 Å². The summed E-state index contributed by atoms with van der Waals surface area (Å²) in [5.41, 5.74) is 3.16. The summed E-state index contributed by atoms with van der Waals surface area (Å²) >= 11 is 0. The highest BCUT2D eigenvalue weighted by Crippen LogP contribution is 2.15. The number of carbonyl (C=O) groups excluding carboxylic acids is 2. The maximum Gasteiger partial charge on any atom is 0.242 e. The summed E-state index contributed by atoms with van der Waals surface area (Å²) in [6.07, 6.45) is 0.872. The molecule has 2 rings (SSSR count). The van der Waals surface area contributed by atoms with Crippen molar-refractivity contribution in [3.8, 4) is 0 Å². The second kappa shape index (κ2) is 10.6. The van der Waals surface area contributed by atoms with Crippen LogP contribution in [0.1, 0.15) is 43.9 Å². The number of benzene rings is 2. The van der Waals surface area contributed by atoms with Gasteiger partial charge in [0.25, 0.3) is 0 Å². The van der Waals surface area contributed by atoms with Gasteiger partial charge in [-0.05, 0) is 30.4 Å². The molecule has 0 unspecified atom stereocenters. The number of nitrogens with zero attached hydrogens (tertiary/aromatic N) is 1. The number of hydrogen-bond donors (Lipinski definition) is 1. The molecule has 0 aromatic heterocycles. The minimum absolute atomic E-state index is 0.0293. The molecule has 0 heterocycles. The molecule has 0 aliphatic rings. The summed E-state index contributed by atoms with van der Waals surface area (Å²) in [7, 11) is 0. The van der Waals surface area contributed by atoms with Crippen molar-refractivity contribution in [3.63, 3.8) is 0 Å². The van der Waals surface area contributed by atoms with Crippen molar-refractivity contribution >= 4 is 11.8 Å². The summed E-state index contributed by atoms with van der Waals surface area (Å²) in [6, 6.07) is 17.3. The lowest BCUT2D eigenvalue weighted by atomic mass is 10.1. The molecule has 0 saturated heterocycles. The number of hydrogen-bond acceptors (Lipinski definition) is 2. The fourth-order valence-corrected chi connectivity index (χ4v) is 3.10. The molecule has 1 atom stereocenters. The van der Waals surface area contributed by atoms with Crippen LogP contribution in [0.3, 0.4) is 0 Å². The fourth-order valence-electron chi connectivity index (χ4n) is 3.10. The Bertz CT molecular complexity index is 754. The lowest BCUT2D eigenvalue weighted by molar-refractivity contribution is -0.141. The Morgan fingerprint density at radius 3 is 2.18 bits per heavy atom. The van der Waals surface area contributed by atoms with E-state index in [1.54, 1.807) is 4.90 Å². The van der Waals surface area contributed by atoms with Gasteiger partial charge in [-0.1, -0.05) is 80.9 Å². The zero-order chi connectivity index (χ0) is 20.5. The third-order valence-electron chi connectivity index (χ3n) is 4.74. The van der Waals surface area contributed by atoms with Crippen LogP contribution in [-0.2, 0) is 22.6 Å². The van der Waals surface area contributed by atoms with Gasteiger partial charge in [0.05, 0.1) is 6.42 Å². The summed E-state index contributed by atoms with van der Waals surface area (Å²) in [4.78, 5) is 27.7. The molecule has 0 aliphatic heterocycles. The van der Waals surface area contributed by atoms with Crippen molar-refractivity contribution in [3.05, 3.63) is 71.3 Å². The second-order valence-electron chi connectivity index (χ2n) is 7.73. The van der Waals surface area contributed by atoms with E-state index in [1.807, 2.05) is 68.4 Å². The number of carbonyl (C=O) groups is 2. The minimum Gasteiger partial charge on any atom is -0.354 e. The van der Waals surface area contributed by atoms with E-state index in [9.17, 15) is 9.59 Å². The lowest BCUT2D eigenvalue weighted by Gasteiger charge is -2.31. The van der Waals surface area contributed by atoms with E-state index >= 15 is 0 Å². The van der Waals surface area contributed by atoms with Crippen molar-refractivity contribution in [2.24, 2.45) is 5.92 Å². The molecule has 0 bridgehead atoms. The Balaban J connectivity index is 2.23. The van der Waals surface area contributed by atoms with Crippen LogP contribution in [0, 0.1) is 12.8 Å². The molecule has 2 aromatic carbocycles. The van der Waals surface area contributed by atoms with Gasteiger partial charge in [-0.2, -0.15) is 0 Å². The zero-order valence-electron chi connectivity index (χ0n) is 17.4. The number of nitrogens with one attached hydrogen (secondary N) is 1. The maximum absolute atomic E-state index is 13.2. The first-order valence-corrected chi connectivity index (χ1v) is 10.1. The molecular weight excluding hydrogens is 348 g/mol. The first-order valence-electron chi connectivity index (χ1n) is 10.1. The molecule has 0 fully saturated rings. The summed E-state index contributed by atoms with van der Waals surface area (Å²) in [5, 5.41) is 2.99. The van der Waals surface area contributed by atoms with Crippen LogP contribution in [-0.4, -0.2) is 29.3 Å². The molecule has 0 spiro atoms. The van der Waals surface area contributed by atoms with Gasteiger partial charge in [0.2, 0.25) is 11.8 Å². The average Bonchev–Trinajstić information content (AvgIpc) is 2.68. The van der Waals surface area contributed by atoms with E-state index in [0.29, 0.717) is 31.8 Å². The highest BCUT2D eigenvalue weighted by atomic mass is 16.2.